The van der Waals surface area contributed by atoms with Gasteiger partial charge < -0.3 is 4.74 Å². The molecule has 9 heteroatoms. The highest BCUT2D eigenvalue weighted by Crippen LogP contribution is 2.47. The molecule has 36 heavy (non-hydrogen) atoms. The standard InChI is InChI=1S/C27H12F8O/c1-36-11-6-18(30)24(19(31)7-11)22-12-4-2-3-5-13(12)23(15-9-17(29)16(28)8-14(15)22)25-26(34)20(32)10-21(33)27(25)35/h2-10H,1H3. The molecule has 5 rings (SSSR count). The molecule has 0 fully saturated rings. The number of halogens is 8. The number of hydrogen-bond acceptors (Lipinski definition) is 1. The van der Waals surface area contributed by atoms with Gasteiger partial charge in [-0.1, -0.05) is 24.3 Å². The van der Waals surface area contributed by atoms with E-state index in [0.29, 0.717) is 12.1 Å². The van der Waals surface area contributed by atoms with Gasteiger partial charge in [-0.2, -0.15) is 0 Å². The first kappa shape index (κ1) is 23.6. The third kappa shape index (κ3) is 3.45. The molecule has 0 aromatic heterocycles. The zero-order valence-corrected chi connectivity index (χ0v) is 18.1. The molecule has 0 aliphatic rings. The average Bonchev–Trinajstić information content (AvgIpc) is 2.84. The summed E-state index contributed by atoms with van der Waals surface area (Å²) in [6, 6.07) is 8.32. The Bertz CT molecular complexity index is 1660. The summed E-state index contributed by atoms with van der Waals surface area (Å²) < 4.78 is 122. The molecule has 0 saturated heterocycles. The number of fused-ring (bicyclic) bond motifs is 2. The van der Waals surface area contributed by atoms with Crippen LogP contribution in [0.3, 0.4) is 0 Å². The van der Waals surface area contributed by atoms with E-state index in [2.05, 4.69) is 0 Å². The molecule has 0 unspecified atom stereocenters. The van der Waals surface area contributed by atoms with Gasteiger partial charge in [-0.3, -0.25) is 0 Å². The van der Waals surface area contributed by atoms with Gasteiger partial charge in [0.25, 0.3) is 0 Å². The van der Waals surface area contributed by atoms with E-state index >= 15 is 8.78 Å². The summed E-state index contributed by atoms with van der Waals surface area (Å²) in [4.78, 5) is 0. The Morgan fingerprint density at radius 2 is 0.889 bits per heavy atom. The van der Waals surface area contributed by atoms with Crippen LogP contribution in [-0.4, -0.2) is 7.11 Å². The first-order valence-corrected chi connectivity index (χ1v) is 10.3. The quantitative estimate of drug-likeness (QED) is 0.136. The van der Waals surface area contributed by atoms with Crippen LogP contribution < -0.4 is 4.74 Å². The first-order valence-electron chi connectivity index (χ1n) is 10.3. The highest BCUT2D eigenvalue weighted by molar-refractivity contribution is 6.21. The van der Waals surface area contributed by atoms with Gasteiger partial charge >= 0.3 is 0 Å². The van der Waals surface area contributed by atoms with E-state index < -0.39 is 68.6 Å². The molecule has 0 bridgehead atoms. The Hall–Kier alpha value is -4.14. The van der Waals surface area contributed by atoms with Gasteiger partial charge in [0.05, 0.1) is 18.2 Å². The van der Waals surface area contributed by atoms with Gasteiger partial charge in [0.2, 0.25) is 0 Å². The molecule has 0 atom stereocenters. The number of methoxy groups -OCH3 is 1. The highest BCUT2D eigenvalue weighted by atomic mass is 19.2. The molecular formula is C27H12F8O. The van der Waals surface area contributed by atoms with E-state index in [1.54, 1.807) is 0 Å². The fourth-order valence-corrected chi connectivity index (χ4v) is 4.41. The number of benzene rings is 5. The Labute approximate surface area is 198 Å². The van der Waals surface area contributed by atoms with Crippen LogP contribution in [0, 0.1) is 46.5 Å². The summed E-state index contributed by atoms with van der Waals surface area (Å²) >= 11 is 0. The molecule has 182 valence electrons. The maximum absolute atomic E-state index is 15.2. The lowest BCUT2D eigenvalue weighted by molar-refractivity contribution is 0.407. The zero-order chi connectivity index (χ0) is 25.9. The van der Waals surface area contributed by atoms with Crippen LogP contribution in [0.1, 0.15) is 0 Å². The fraction of sp³-hybridized carbons (Fsp3) is 0.0370. The molecule has 5 aromatic rings. The minimum atomic E-state index is -1.78. The van der Waals surface area contributed by atoms with Crippen LogP contribution in [0.25, 0.3) is 43.8 Å². The lowest BCUT2D eigenvalue weighted by atomic mass is 9.85. The Morgan fingerprint density at radius 1 is 0.444 bits per heavy atom. The lowest BCUT2D eigenvalue weighted by Gasteiger charge is -2.19. The van der Waals surface area contributed by atoms with Gasteiger partial charge in [-0.25, -0.2) is 35.1 Å². The van der Waals surface area contributed by atoms with Crippen molar-refractivity contribution in [3.63, 3.8) is 0 Å². The van der Waals surface area contributed by atoms with Gasteiger partial charge in [0.1, 0.15) is 17.4 Å². The van der Waals surface area contributed by atoms with Crippen molar-refractivity contribution in [2.24, 2.45) is 0 Å². The summed E-state index contributed by atoms with van der Waals surface area (Å²) in [5, 5.41) is -0.949. The molecule has 0 amide bonds. The van der Waals surface area contributed by atoms with Gasteiger partial charge in [-0.05, 0) is 33.7 Å². The summed E-state index contributed by atoms with van der Waals surface area (Å²) in [7, 11) is 1.19. The Kier molecular flexibility index (Phi) is 5.58. The largest absolute Gasteiger partial charge is 0.497 e. The zero-order valence-electron chi connectivity index (χ0n) is 18.1. The molecule has 0 radical (unpaired) electrons. The molecule has 1 nitrogen and oxygen atoms in total. The summed E-state index contributed by atoms with van der Waals surface area (Å²) in [5.74, 6) is -12.3. The third-order valence-corrected chi connectivity index (χ3v) is 5.93. The van der Waals surface area contributed by atoms with Crippen LogP contribution in [0.2, 0.25) is 0 Å². The Balaban J connectivity index is 2.08. The van der Waals surface area contributed by atoms with E-state index in [1.807, 2.05) is 0 Å². The minimum absolute atomic E-state index is 0.00920. The number of hydrogen-bond donors (Lipinski definition) is 0. The molecular weight excluding hydrogens is 492 g/mol. The van der Waals surface area contributed by atoms with E-state index in [9.17, 15) is 26.3 Å². The van der Waals surface area contributed by atoms with Crippen molar-refractivity contribution in [3.8, 4) is 28.0 Å². The van der Waals surface area contributed by atoms with E-state index in [4.69, 9.17) is 4.74 Å². The van der Waals surface area contributed by atoms with Gasteiger partial charge in [-0.15, -0.1) is 0 Å². The normalized spacial score (nSPS) is 11.5. The SMILES string of the molecule is COc1cc(F)c(-c2c3ccccc3c(-c3c(F)c(F)cc(F)c3F)c3cc(F)c(F)cc23)c(F)c1. The predicted octanol–water partition coefficient (Wildman–Crippen LogP) is 8.45. The molecule has 0 heterocycles. The molecule has 0 N–H and O–H groups in total. The first-order chi connectivity index (χ1) is 17.1. The van der Waals surface area contributed by atoms with Gasteiger partial charge in [0.15, 0.2) is 34.9 Å². The molecule has 0 spiro atoms. The van der Waals surface area contributed by atoms with Crippen LogP contribution >= 0.6 is 0 Å². The second kappa shape index (κ2) is 8.51. The Morgan fingerprint density at radius 3 is 1.33 bits per heavy atom. The second-order valence-corrected chi connectivity index (χ2v) is 7.92. The van der Waals surface area contributed by atoms with Gasteiger partial charge in [0, 0.05) is 29.3 Å². The molecule has 0 saturated carbocycles. The smallest absolute Gasteiger partial charge is 0.169 e. The maximum Gasteiger partial charge on any atom is 0.169 e. The second-order valence-electron chi connectivity index (χ2n) is 7.92. The van der Waals surface area contributed by atoms with Crippen LogP contribution in [0.5, 0.6) is 5.75 Å². The molecule has 0 aliphatic heterocycles. The molecule has 0 aliphatic carbocycles. The predicted molar refractivity (Wildman–Crippen MR) is 119 cm³/mol. The monoisotopic (exact) mass is 504 g/mol. The van der Waals surface area contributed by atoms with E-state index in [0.717, 1.165) is 12.1 Å². The van der Waals surface area contributed by atoms with Crippen LogP contribution in [-0.2, 0) is 0 Å². The third-order valence-electron chi connectivity index (χ3n) is 5.93. The summed E-state index contributed by atoms with van der Waals surface area (Å²) in [6.07, 6.45) is 0. The van der Waals surface area contributed by atoms with Crippen molar-refractivity contribution in [3.05, 3.63) is 101 Å². The van der Waals surface area contributed by atoms with Crippen molar-refractivity contribution in [2.45, 2.75) is 0 Å². The van der Waals surface area contributed by atoms with E-state index in [-0.39, 0.29) is 33.5 Å². The van der Waals surface area contributed by atoms with Crippen LogP contribution in [0.4, 0.5) is 35.1 Å². The van der Waals surface area contributed by atoms with Crippen molar-refractivity contribution >= 4 is 21.5 Å². The number of rotatable bonds is 3. The fourth-order valence-electron chi connectivity index (χ4n) is 4.41. The van der Waals surface area contributed by atoms with Crippen molar-refractivity contribution in [1.82, 2.24) is 0 Å². The number of ether oxygens (including phenoxy) is 1. The van der Waals surface area contributed by atoms with Crippen molar-refractivity contribution < 1.29 is 39.9 Å². The molecule has 5 aromatic carbocycles. The van der Waals surface area contributed by atoms with Crippen molar-refractivity contribution in [1.29, 1.82) is 0 Å². The summed E-state index contributed by atoms with van der Waals surface area (Å²) in [6.45, 7) is 0. The average molecular weight is 504 g/mol. The maximum atomic E-state index is 15.2. The van der Waals surface area contributed by atoms with Crippen molar-refractivity contribution in [2.75, 3.05) is 7.11 Å². The topological polar surface area (TPSA) is 9.23 Å². The van der Waals surface area contributed by atoms with Crippen LogP contribution in [0.15, 0.2) is 54.6 Å². The summed E-state index contributed by atoms with van der Waals surface area (Å²) in [5.41, 5.74) is -2.62. The minimum Gasteiger partial charge on any atom is -0.497 e. The highest BCUT2D eigenvalue weighted by Gasteiger charge is 2.28. The lowest BCUT2D eigenvalue weighted by Crippen LogP contribution is -2.02. The van der Waals surface area contributed by atoms with E-state index in [1.165, 1.54) is 31.4 Å².